The van der Waals surface area contributed by atoms with Crippen LogP contribution < -0.4 is 0 Å². The molecule has 0 N–H and O–H groups in total. The fourth-order valence-corrected chi connectivity index (χ4v) is 5.24. The Balaban J connectivity index is 2.05. The third-order valence-corrected chi connectivity index (χ3v) is 6.71. The molecule has 0 aromatic rings. The van der Waals surface area contributed by atoms with Gasteiger partial charge >= 0.3 is 0 Å². The normalized spacial score (nSPS) is 51.8. The van der Waals surface area contributed by atoms with Crippen LogP contribution in [0.2, 0.25) is 0 Å². The van der Waals surface area contributed by atoms with E-state index in [0.29, 0.717) is 5.41 Å². The predicted molar refractivity (Wildman–Crippen MR) is 62.0 cm³/mol. The molecule has 86 valence electrons. The first-order chi connectivity index (χ1) is 7.08. The highest BCUT2D eigenvalue weighted by molar-refractivity contribution is 9.09. The van der Waals surface area contributed by atoms with Crippen LogP contribution in [0.3, 0.4) is 0 Å². The van der Waals surface area contributed by atoms with Crippen LogP contribution in [0.4, 0.5) is 0 Å². The smallest absolute Gasteiger partial charge is 0.174 e. The quantitative estimate of drug-likeness (QED) is 0.685. The lowest BCUT2D eigenvalue weighted by molar-refractivity contribution is -0.236. The standard InChI is InChI=1S/C12H19BrO2/c1-10(8-13)9-3-4-11(10,2)12(7-9)14-5-6-15-12/h9H,3-8H2,1-2H3/t9-,10+,11-/m0/s1. The van der Waals surface area contributed by atoms with Crippen LogP contribution in [0.15, 0.2) is 0 Å². The number of ether oxygens (including phenoxy) is 2. The number of halogens is 1. The molecule has 1 aliphatic heterocycles. The van der Waals surface area contributed by atoms with Gasteiger partial charge < -0.3 is 9.47 Å². The summed E-state index contributed by atoms with van der Waals surface area (Å²) < 4.78 is 12.0. The monoisotopic (exact) mass is 274 g/mol. The molecule has 0 aromatic heterocycles. The van der Waals surface area contributed by atoms with Crippen molar-refractivity contribution in [1.29, 1.82) is 0 Å². The third kappa shape index (κ3) is 0.985. The van der Waals surface area contributed by atoms with Crippen LogP contribution in [-0.4, -0.2) is 24.3 Å². The molecule has 3 heteroatoms. The summed E-state index contributed by atoms with van der Waals surface area (Å²) in [5.74, 6) is 0.512. The Morgan fingerprint density at radius 1 is 1.27 bits per heavy atom. The predicted octanol–water partition coefficient (Wildman–Crippen LogP) is 2.95. The van der Waals surface area contributed by atoms with Gasteiger partial charge in [0.15, 0.2) is 5.79 Å². The van der Waals surface area contributed by atoms with Gasteiger partial charge in [-0.2, -0.15) is 0 Å². The first-order valence-electron chi connectivity index (χ1n) is 5.92. The molecule has 0 unspecified atom stereocenters. The summed E-state index contributed by atoms with van der Waals surface area (Å²) in [6.45, 7) is 6.33. The second-order valence-electron chi connectivity index (χ2n) is 5.77. The highest BCUT2D eigenvalue weighted by atomic mass is 79.9. The number of fused-ring (bicyclic) bond motifs is 3. The average molecular weight is 275 g/mol. The van der Waals surface area contributed by atoms with Gasteiger partial charge in [-0.25, -0.2) is 0 Å². The van der Waals surface area contributed by atoms with Gasteiger partial charge in [-0.1, -0.05) is 29.8 Å². The van der Waals surface area contributed by atoms with Crippen molar-refractivity contribution in [3.63, 3.8) is 0 Å². The van der Waals surface area contributed by atoms with Gasteiger partial charge in [0.1, 0.15) is 0 Å². The zero-order valence-electron chi connectivity index (χ0n) is 9.51. The Labute approximate surface area is 99.8 Å². The zero-order valence-corrected chi connectivity index (χ0v) is 11.1. The van der Waals surface area contributed by atoms with Crippen molar-refractivity contribution in [1.82, 2.24) is 0 Å². The molecular weight excluding hydrogens is 256 g/mol. The van der Waals surface area contributed by atoms with Gasteiger partial charge in [-0.15, -0.1) is 0 Å². The molecule has 1 spiro atoms. The summed E-state index contributed by atoms with van der Waals surface area (Å²) >= 11 is 3.71. The van der Waals surface area contributed by atoms with E-state index in [1.807, 2.05) is 0 Å². The van der Waals surface area contributed by atoms with E-state index in [2.05, 4.69) is 29.8 Å². The van der Waals surface area contributed by atoms with E-state index in [0.717, 1.165) is 30.9 Å². The van der Waals surface area contributed by atoms with E-state index in [-0.39, 0.29) is 11.2 Å². The minimum atomic E-state index is -0.252. The summed E-state index contributed by atoms with van der Waals surface area (Å²) in [5.41, 5.74) is 0.544. The van der Waals surface area contributed by atoms with Crippen molar-refractivity contribution < 1.29 is 9.47 Å². The number of hydrogen-bond acceptors (Lipinski definition) is 2. The molecule has 0 amide bonds. The lowest BCUT2D eigenvalue weighted by atomic mass is 9.68. The van der Waals surface area contributed by atoms with Crippen molar-refractivity contribution in [2.75, 3.05) is 18.5 Å². The summed E-state index contributed by atoms with van der Waals surface area (Å²) in [6.07, 6.45) is 3.69. The molecule has 3 aliphatic rings. The van der Waals surface area contributed by atoms with Crippen molar-refractivity contribution >= 4 is 15.9 Å². The summed E-state index contributed by atoms with van der Waals surface area (Å²) in [7, 11) is 0. The van der Waals surface area contributed by atoms with Crippen LogP contribution >= 0.6 is 15.9 Å². The van der Waals surface area contributed by atoms with Gasteiger partial charge in [0, 0.05) is 17.2 Å². The molecule has 2 bridgehead atoms. The molecule has 2 saturated carbocycles. The molecule has 3 atom stereocenters. The number of hydrogen-bond donors (Lipinski definition) is 0. The molecule has 2 aliphatic carbocycles. The van der Waals surface area contributed by atoms with Crippen molar-refractivity contribution in [2.24, 2.45) is 16.7 Å². The molecule has 0 radical (unpaired) electrons. The molecular formula is C12H19BrO2. The van der Waals surface area contributed by atoms with Gasteiger partial charge in [-0.05, 0) is 24.2 Å². The molecule has 2 nitrogen and oxygen atoms in total. The maximum atomic E-state index is 5.99. The first kappa shape index (κ1) is 10.5. The molecule has 1 heterocycles. The van der Waals surface area contributed by atoms with E-state index in [1.54, 1.807) is 0 Å². The fraction of sp³-hybridized carbons (Fsp3) is 1.00. The molecule has 1 saturated heterocycles. The van der Waals surface area contributed by atoms with E-state index in [1.165, 1.54) is 12.8 Å². The van der Waals surface area contributed by atoms with Gasteiger partial charge in [-0.3, -0.25) is 0 Å². The summed E-state index contributed by atoms with van der Waals surface area (Å²) in [5, 5.41) is 1.07. The van der Waals surface area contributed by atoms with Gasteiger partial charge in [0.05, 0.1) is 13.2 Å². The summed E-state index contributed by atoms with van der Waals surface area (Å²) in [6, 6.07) is 0. The number of alkyl halides is 1. The average Bonchev–Trinajstić information content (AvgIpc) is 2.83. The largest absolute Gasteiger partial charge is 0.347 e. The van der Waals surface area contributed by atoms with Crippen LogP contribution in [0.25, 0.3) is 0 Å². The van der Waals surface area contributed by atoms with Crippen molar-refractivity contribution in [3.8, 4) is 0 Å². The summed E-state index contributed by atoms with van der Waals surface area (Å²) in [4.78, 5) is 0. The van der Waals surface area contributed by atoms with Gasteiger partial charge in [0.2, 0.25) is 0 Å². The van der Waals surface area contributed by atoms with E-state index < -0.39 is 0 Å². The highest BCUT2D eigenvalue weighted by Gasteiger charge is 2.72. The van der Waals surface area contributed by atoms with Crippen LogP contribution in [0, 0.1) is 16.7 Å². The zero-order chi connectivity index (χ0) is 10.7. The fourth-order valence-electron chi connectivity index (χ4n) is 4.17. The van der Waals surface area contributed by atoms with Crippen LogP contribution in [0.1, 0.15) is 33.1 Å². The van der Waals surface area contributed by atoms with E-state index >= 15 is 0 Å². The second-order valence-corrected chi connectivity index (χ2v) is 6.33. The Hall–Kier alpha value is 0.400. The Kier molecular flexibility index (Phi) is 2.10. The molecule has 3 fully saturated rings. The van der Waals surface area contributed by atoms with E-state index in [9.17, 15) is 0 Å². The van der Waals surface area contributed by atoms with Crippen LogP contribution in [0.5, 0.6) is 0 Å². The SMILES string of the molecule is C[C@@]1(CBr)[C@H]2CC[C@]1(C)C1(C2)OCCO1. The lowest BCUT2D eigenvalue weighted by Crippen LogP contribution is -2.49. The maximum Gasteiger partial charge on any atom is 0.174 e. The first-order valence-corrected chi connectivity index (χ1v) is 7.04. The Bertz CT molecular complexity index is 287. The number of rotatable bonds is 1. The Morgan fingerprint density at radius 2 is 1.93 bits per heavy atom. The van der Waals surface area contributed by atoms with Crippen molar-refractivity contribution in [2.45, 2.75) is 38.9 Å². The minimum absolute atomic E-state index is 0.199. The maximum absolute atomic E-state index is 5.99. The van der Waals surface area contributed by atoms with E-state index in [4.69, 9.17) is 9.47 Å². The second kappa shape index (κ2) is 2.99. The third-order valence-electron chi connectivity index (χ3n) is 5.54. The molecule has 3 rings (SSSR count). The highest BCUT2D eigenvalue weighted by Crippen LogP contribution is 2.72. The minimum Gasteiger partial charge on any atom is -0.347 e. The van der Waals surface area contributed by atoms with Crippen molar-refractivity contribution in [3.05, 3.63) is 0 Å². The topological polar surface area (TPSA) is 18.5 Å². The molecule has 15 heavy (non-hydrogen) atoms. The Morgan fingerprint density at radius 3 is 2.47 bits per heavy atom. The van der Waals surface area contributed by atoms with Crippen LogP contribution in [-0.2, 0) is 9.47 Å². The lowest BCUT2D eigenvalue weighted by Gasteiger charge is -2.45. The molecule has 0 aromatic carbocycles. The van der Waals surface area contributed by atoms with Gasteiger partial charge in [0.25, 0.3) is 0 Å².